The van der Waals surface area contributed by atoms with Crippen LogP contribution in [0.4, 0.5) is 0 Å². The maximum atomic E-state index is 10.3. The maximum absolute atomic E-state index is 10.3. The van der Waals surface area contributed by atoms with E-state index in [0.29, 0.717) is 0 Å². The number of thioether (sulfide) groups is 1. The minimum atomic E-state index is -0.953. The number of carboxylic acids is 1. The molecule has 0 aromatic rings. The number of hydrogen-bond donors (Lipinski definition) is 2. The number of carboxylic acid groups (broad SMARTS) is 1. The summed E-state index contributed by atoms with van der Waals surface area (Å²) >= 11 is 1.07. The topological polar surface area (TPSA) is 57.5 Å². The van der Waals surface area contributed by atoms with Gasteiger partial charge in [0.2, 0.25) is 0 Å². The Bertz CT molecular complexity index is 177. The van der Waals surface area contributed by atoms with E-state index in [1.807, 2.05) is 0 Å². The normalized spacial score (nSPS) is 12.0. The summed E-state index contributed by atoms with van der Waals surface area (Å²) in [4.78, 5) is 10.3. The zero-order valence-electron chi connectivity index (χ0n) is 5.99. The van der Waals surface area contributed by atoms with Gasteiger partial charge < -0.3 is 10.2 Å². The molecule has 0 aliphatic heterocycles. The quantitative estimate of drug-likeness (QED) is 0.489. The molecule has 3 nitrogen and oxygen atoms in total. The van der Waals surface area contributed by atoms with Crippen LogP contribution in [0, 0.1) is 0 Å². The van der Waals surface area contributed by atoms with Crippen molar-refractivity contribution in [3.63, 3.8) is 0 Å². The lowest BCUT2D eigenvalue weighted by Crippen LogP contribution is -2.13. The van der Waals surface area contributed by atoms with Crippen LogP contribution in [0.5, 0.6) is 0 Å². The van der Waals surface area contributed by atoms with Crippen LogP contribution in [-0.2, 0) is 4.79 Å². The molecule has 0 rings (SSSR count). The Kier molecular flexibility index (Phi) is 4.45. The summed E-state index contributed by atoms with van der Waals surface area (Å²) in [6, 6.07) is 0. The van der Waals surface area contributed by atoms with Gasteiger partial charge in [0.05, 0.1) is 11.5 Å². The molecule has 0 bridgehead atoms. The van der Waals surface area contributed by atoms with E-state index in [0.717, 1.165) is 11.8 Å². The molecule has 0 radical (unpaired) electrons. The molecule has 0 saturated heterocycles. The molecule has 0 spiro atoms. The molecule has 62 valence electrons. The van der Waals surface area contributed by atoms with E-state index in [1.165, 1.54) is 6.08 Å². The summed E-state index contributed by atoms with van der Waals surface area (Å²) in [5, 5.41) is 16.5. The predicted octanol–water partition coefficient (Wildman–Crippen LogP) is 1.43. The Labute approximate surface area is 69.4 Å². The largest absolute Gasteiger partial charge is 0.512 e. The smallest absolute Gasteiger partial charge is 0.320 e. The fourth-order valence-corrected chi connectivity index (χ4v) is 1.08. The van der Waals surface area contributed by atoms with Crippen molar-refractivity contribution < 1.29 is 15.0 Å². The van der Waals surface area contributed by atoms with Gasteiger partial charge in [0.1, 0.15) is 5.25 Å². The molecule has 0 aromatic carbocycles. The standard InChI is InChI=1S/C7H10O3S/c1-3-6(7(9)10)11-4-5(2)8/h3,6,8H,1-2,4H2,(H,9,10). The van der Waals surface area contributed by atoms with Crippen molar-refractivity contribution in [2.24, 2.45) is 0 Å². The van der Waals surface area contributed by atoms with Gasteiger partial charge in [-0.3, -0.25) is 4.79 Å². The number of carbonyl (C=O) groups is 1. The number of aliphatic hydroxyl groups is 1. The van der Waals surface area contributed by atoms with Crippen LogP contribution in [0.15, 0.2) is 25.0 Å². The first-order valence-electron chi connectivity index (χ1n) is 2.91. The van der Waals surface area contributed by atoms with E-state index in [-0.39, 0.29) is 11.5 Å². The highest BCUT2D eigenvalue weighted by atomic mass is 32.2. The Balaban J connectivity index is 3.79. The first-order chi connectivity index (χ1) is 5.07. The molecule has 0 aliphatic carbocycles. The lowest BCUT2D eigenvalue weighted by molar-refractivity contribution is -0.135. The SMILES string of the molecule is C=CC(SCC(=C)O)C(=O)O. The Morgan fingerprint density at radius 2 is 2.18 bits per heavy atom. The zero-order chi connectivity index (χ0) is 8.85. The average molecular weight is 174 g/mol. The van der Waals surface area contributed by atoms with E-state index in [2.05, 4.69) is 13.2 Å². The lowest BCUT2D eigenvalue weighted by atomic mass is 10.4. The molecule has 1 unspecified atom stereocenters. The fraction of sp³-hybridized carbons (Fsp3) is 0.286. The molecule has 0 heterocycles. The predicted molar refractivity (Wildman–Crippen MR) is 45.8 cm³/mol. The second-order valence-corrected chi connectivity index (χ2v) is 3.00. The van der Waals surface area contributed by atoms with Crippen molar-refractivity contribution in [3.05, 3.63) is 25.0 Å². The van der Waals surface area contributed by atoms with Gasteiger partial charge in [0, 0.05) is 0 Å². The molecular formula is C7H10O3S. The first-order valence-corrected chi connectivity index (χ1v) is 3.96. The van der Waals surface area contributed by atoms with Crippen molar-refractivity contribution >= 4 is 17.7 Å². The fourth-order valence-electron chi connectivity index (χ4n) is 0.426. The minimum absolute atomic E-state index is 0.0249. The second kappa shape index (κ2) is 4.85. The van der Waals surface area contributed by atoms with Crippen LogP contribution < -0.4 is 0 Å². The van der Waals surface area contributed by atoms with Crippen LogP contribution >= 0.6 is 11.8 Å². The summed E-state index contributed by atoms with van der Waals surface area (Å²) in [6.07, 6.45) is 1.32. The molecule has 1 atom stereocenters. The van der Waals surface area contributed by atoms with Crippen LogP contribution in [0.2, 0.25) is 0 Å². The molecule has 0 amide bonds. The van der Waals surface area contributed by atoms with Crippen molar-refractivity contribution in [2.75, 3.05) is 5.75 Å². The molecule has 0 aliphatic rings. The summed E-state index contributed by atoms with van der Waals surface area (Å²) in [5.74, 6) is -0.752. The maximum Gasteiger partial charge on any atom is 0.320 e. The van der Waals surface area contributed by atoms with Crippen LogP contribution in [-0.4, -0.2) is 27.2 Å². The van der Waals surface area contributed by atoms with Crippen LogP contribution in [0.1, 0.15) is 0 Å². The van der Waals surface area contributed by atoms with E-state index in [4.69, 9.17) is 10.2 Å². The van der Waals surface area contributed by atoms with Crippen molar-refractivity contribution in [3.8, 4) is 0 Å². The first kappa shape index (κ1) is 10.1. The summed E-state index contributed by atoms with van der Waals surface area (Å²) < 4.78 is 0. The van der Waals surface area contributed by atoms with Crippen LogP contribution in [0.3, 0.4) is 0 Å². The highest BCUT2D eigenvalue weighted by molar-refractivity contribution is 8.00. The van der Waals surface area contributed by atoms with Crippen molar-refractivity contribution in [2.45, 2.75) is 5.25 Å². The average Bonchev–Trinajstić information content (AvgIpc) is 1.87. The van der Waals surface area contributed by atoms with Gasteiger partial charge in [0.15, 0.2) is 0 Å². The lowest BCUT2D eigenvalue weighted by Gasteiger charge is -2.04. The monoisotopic (exact) mass is 174 g/mol. The van der Waals surface area contributed by atoms with Crippen LogP contribution in [0.25, 0.3) is 0 Å². The molecule has 0 fully saturated rings. The van der Waals surface area contributed by atoms with Gasteiger partial charge in [-0.1, -0.05) is 12.7 Å². The van der Waals surface area contributed by atoms with Gasteiger partial charge >= 0.3 is 5.97 Å². The van der Waals surface area contributed by atoms with Gasteiger partial charge in [-0.05, 0) is 0 Å². The number of aliphatic hydroxyl groups excluding tert-OH is 1. The third-order valence-electron chi connectivity index (χ3n) is 0.887. The van der Waals surface area contributed by atoms with E-state index >= 15 is 0 Å². The summed E-state index contributed by atoms with van der Waals surface area (Å²) in [5.41, 5.74) is 0. The number of aliphatic carboxylic acids is 1. The molecule has 0 saturated carbocycles. The molecule has 4 heteroatoms. The van der Waals surface area contributed by atoms with E-state index < -0.39 is 11.2 Å². The Morgan fingerprint density at radius 3 is 2.45 bits per heavy atom. The van der Waals surface area contributed by atoms with E-state index in [1.54, 1.807) is 0 Å². The Hall–Kier alpha value is -0.900. The zero-order valence-corrected chi connectivity index (χ0v) is 6.80. The highest BCUT2D eigenvalue weighted by Gasteiger charge is 2.12. The molecule has 11 heavy (non-hydrogen) atoms. The van der Waals surface area contributed by atoms with Crippen molar-refractivity contribution in [1.29, 1.82) is 0 Å². The van der Waals surface area contributed by atoms with Gasteiger partial charge in [-0.15, -0.1) is 18.3 Å². The van der Waals surface area contributed by atoms with Gasteiger partial charge in [0.25, 0.3) is 0 Å². The minimum Gasteiger partial charge on any atom is -0.512 e. The molecule has 2 N–H and O–H groups in total. The number of hydrogen-bond acceptors (Lipinski definition) is 3. The second-order valence-electron chi connectivity index (χ2n) is 1.87. The third kappa shape index (κ3) is 4.50. The van der Waals surface area contributed by atoms with E-state index in [9.17, 15) is 4.79 Å². The molecular weight excluding hydrogens is 164 g/mol. The third-order valence-corrected chi connectivity index (χ3v) is 2.14. The molecule has 0 aromatic heterocycles. The van der Waals surface area contributed by atoms with Gasteiger partial charge in [-0.25, -0.2) is 0 Å². The summed E-state index contributed by atoms with van der Waals surface area (Å²) in [7, 11) is 0. The van der Waals surface area contributed by atoms with Gasteiger partial charge in [-0.2, -0.15) is 0 Å². The Morgan fingerprint density at radius 1 is 1.64 bits per heavy atom. The summed E-state index contributed by atoms with van der Waals surface area (Å²) in [6.45, 7) is 6.58. The van der Waals surface area contributed by atoms with Crippen molar-refractivity contribution in [1.82, 2.24) is 0 Å². The highest BCUT2D eigenvalue weighted by Crippen LogP contribution is 2.13. The number of rotatable bonds is 5.